The fourth-order valence-electron chi connectivity index (χ4n) is 3.61. The van der Waals surface area contributed by atoms with Gasteiger partial charge in [0.25, 0.3) is 22.6 Å². The molecule has 0 saturated carbocycles. The van der Waals surface area contributed by atoms with E-state index in [4.69, 9.17) is 0 Å². The Bertz CT molecular complexity index is 1330. The van der Waals surface area contributed by atoms with Crippen molar-refractivity contribution >= 4 is 34.9 Å². The molecule has 1 aliphatic rings. The van der Waals surface area contributed by atoms with E-state index in [-0.39, 0.29) is 23.9 Å². The number of aromatic nitrogens is 1. The van der Waals surface area contributed by atoms with Crippen LogP contribution in [0.2, 0.25) is 0 Å². The molecule has 1 aliphatic heterocycles. The standard InChI is InChI=1S/C26H23N3O4S/c1-18-7-5-10-20(15-18)17-28-13-6-11-21(24(28)31)23(30)27-12-14-29-25(32)22(34-26(29)33)16-19-8-3-2-4-9-19/h2-11,13,15-16H,12,14,17H2,1H3,(H,27,30)/b22-16+. The molecule has 34 heavy (non-hydrogen) atoms. The largest absolute Gasteiger partial charge is 0.350 e. The lowest BCUT2D eigenvalue weighted by Crippen LogP contribution is -2.39. The number of aryl methyl sites for hydroxylation is 1. The third-order valence-corrected chi connectivity index (χ3v) is 6.20. The van der Waals surface area contributed by atoms with Crippen LogP contribution in [0.25, 0.3) is 6.08 Å². The maximum Gasteiger partial charge on any atom is 0.293 e. The number of pyridine rings is 1. The Morgan fingerprint density at radius 2 is 1.79 bits per heavy atom. The van der Waals surface area contributed by atoms with E-state index in [1.807, 2.05) is 61.5 Å². The molecular formula is C26H23N3O4S. The van der Waals surface area contributed by atoms with Crippen LogP contribution < -0.4 is 10.9 Å². The minimum atomic E-state index is -0.546. The number of thioether (sulfide) groups is 1. The Morgan fingerprint density at radius 3 is 2.56 bits per heavy atom. The summed E-state index contributed by atoms with van der Waals surface area (Å²) >= 11 is 0.871. The summed E-state index contributed by atoms with van der Waals surface area (Å²) in [4.78, 5) is 51.8. The number of nitrogens with one attached hydrogen (secondary N) is 1. The molecule has 0 radical (unpaired) electrons. The fourth-order valence-corrected chi connectivity index (χ4v) is 4.48. The molecule has 0 unspecified atom stereocenters. The van der Waals surface area contributed by atoms with Gasteiger partial charge in [0.15, 0.2) is 0 Å². The predicted octanol–water partition coefficient (Wildman–Crippen LogP) is 3.67. The Hall–Kier alpha value is -3.91. The third-order valence-electron chi connectivity index (χ3n) is 5.29. The van der Waals surface area contributed by atoms with Crippen LogP contribution in [0, 0.1) is 6.92 Å². The molecule has 3 amide bonds. The fraction of sp³-hybridized carbons (Fsp3) is 0.154. The van der Waals surface area contributed by atoms with Gasteiger partial charge in [0.1, 0.15) is 5.56 Å². The van der Waals surface area contributed by atoms with Crippen LogP contribution in [0.5, 0.6) is 0 Å². The molecule has 1 N–H and O–H groups in total. The SMILES string of the molecule is Cc1cccc(Cn2cccc(C(=O)NCCN3C(=O)S/C(=C/c4ccccc4)C3=O)c2=O)c1. The average Bonchev–Trinajstić information content (AvgIpc) is 3.08. The number of rotatable bonds is 7. The quantitative estimate of drug-likeness (QED) is 0.529. The molecule has 0 aliphatic carbocycles. The number of hydrogen-bond acceptors (Lipinski definition) is 5. The van der Waals surface area contributed by atoms with E-state index in [9.17, 15) is 19.2 Å². The maximum atomic E-state index is 12.8. The normalized spacial score (nSPS) is 14.6. The van der Waals surface area contributed by atoms with E-state index in [0.717, 1.165) is 33.4 Å². The Balaban J connectivity index is 1.38. The lowest BCUT2D eigenvalue weighted by atomic mass is 10.1. The van der Waals surface area contributed by atoms with E-state index in [1.165, 1.54) is 10.6 Å². The zero-order valence-electron chi connectivity index (χ0n) is 18.6. The molecule has 1 saturated heterocycles. The maximum absolute atomic E-state index is 12.8. The van der Waals surface area contributed by atoms with Gasteiger partial charge < -0.3 is 9.88 Å². The Labute approximate surface area is 201 Å². The topological polar surface area (TPSA) is 88.5 Å². The van der Waals surface area contributed by atoms with Crippen molar-refractivity contribution in [3.05, 3.63) is 110 Å². The highest BCUT2D eigenvalue weighted by Gasteiger charge is 2.34. The van der Waals surface area contributed by atoms with Gasteiger partial charge in [0, 0.05) is 19.3 Å². The molecule has 0 bridgehead atoms. The molecule has 1 aromatic heterocycles. The van der Waals surface area contributed by atoms with Crippen molar-refractivity contribution in [3.63, 3.8) is 0 Å². The first-order valence-electron chi connectivity index (χ1n) is 10.8. The first-order valence-corrected chi connectivity index (χ1v) is 11.6. The summed E-state index contributed by atoms with van der Waals surface area (Å²) in [6.45, 7) is 2.39. The number of benzene rings is 2. The molecule has 0 atom stereocenters. The molecule has 7 nitrogen and oxygen atoms in total. The summed E-state index contributed by atoms with van der Waals surface area (Å²) in [6.07, 6.45) is 3.31. The van der Waals surface area contributed by atoms with Crippen molar-refractivity contribution in [2.75, 3.05) is 13.1 Å². The van der Waals surface area contributed by atoms with Crippen molar-refractivity contribution in [3.8, 4) is 0 Å². The zero-order valence-corrected chi connectivity index (χ0v) is 19.4. The molecule has 8 heteroatoms. The Kier molecular flexibility index (Phi) is 7.08. The third kappa shape index (κ3) is 5.35. The zero-order chi connectivity index (χ0) is 24.1. The van der Waals surface area contributed by atoms with Crippen molar-refractivity contribution < 1.29 is 14.4 Å². The first kappa shape index (κ1) is 23.3. The second-order valence-electron chi connectivity index (χ2n) is 7.84. The molecule has 2 heterocycles. The van der Waals surface area contributed by atoms with Crippen LogP contribution in [0.3, 0.4) is 0 Å². The minimum Gasteiger partial charge on any atom is -0.350 e. The van der Waals surface area contributed by atoms with Gasteiger partial charge in [-0.25, -0.2) is 0 Å². The molecule has 0 spiro atoms. The lowest BCUT2D eigenvalue weighted by Gasteiger charge is -2.13. The number of carbonyl (C=O) groups excluding carboxylic acids is 3. The average molecular weight is 474 g/mol. The van der Waals surface area contributed by atoms with E-state index < -0.39 is 17.4 Å². The summed E-state index contributed by atoms with van der Waals surface area (Å²) in [5, 5.41) is 2.26. The van der Waals surface area contributed by atoms with Crippen LogP contribution >= 0.6 is 11.8 Å². The summed E-state index contributed by atoms with van der Waals surface area (Å²) in [5.41, 5.74) is 2.48. The molecule has 172 valence electrons. The van der Waals surface area contributed by atoms with Crippen LogP contribution in [-0.2, 0) is 11.3 Å². The van der Waals surface area contributed by atoms with Crippen molar-refractivity contribution in [1.29, 1.82) is 0 Å². The highest BCUT2D eigenvalue weighted by atomic mass is 32.2. The van der Waals surface area contributed by atoms with Gasteiger partial charge in [-0.15, -0.1) is 0 Å². The summed E-state index contributed by atoms with van der Waals surface area (Å²) in [5.74, 6) is -0.941. The number of amides is 3. The van der Waals surface area contributed by atoms with E-state index in [0.29, 0.717) is 11.4 Å². The second kappa shape index (κ2) is 10.4. The monoisotopic (exact) mass is 473 g/mol. The van der Waals surface area contributed by atoms with Gasteiger partial charge in [0.05, 0.1) is 11.4 Å². The molecule has 2 aromatic carbocycles. The van der Waals surface area contributed by atoms with Crippen LogP contribution in [0.4, 0.5) is 4.79 Å². The highest BCUT2D eigenvalue weighted by Crippen LogP contribution is 2.31. The van der Waals surface area contributed by atoms with E-state index in [1.54, 1.807) is 18.3 Å². The molecule has 3 aromatic rings. The van der Waals surface area contributed by atoms with Crippen molar-refractivity contribution in [1.82, 2.24) is 14.8 Å². The first-order chi connectivity index (χ1) is 16.4. The van der Waals surface area contributed by atoms with Gasteiger partial charge in [-0.1, -0.05) is 60.2 Å². The molecule has 4 rings (SSSR count). The Morgan fingerprint density at radius 1 is 1.00 bits per heavy atom. The molecular weight excluding hydrogens is 450 g/mol. The highest BCUT2D eigenvalue weighted by molar-refractivity contribution is 8.18. The number of carbonyl (C=O) groups is 3. The number of imide groups is 1. The van der Waals surface area contributed by atoms with Crippen molar-refractivity contribution in [2.24, 2.45) is 0 Å². The summed E-state index contributed by atoms with van der Waals surface area (Å²) in [6, 6.07) is 20.2. The van der Waals surface area contributed by atoms with Gasteiger partial charge >= 0.3 is 0 Å². The number of nitrogens with zero attached hydrogens (tertiary/aromatic N) is 2. The van der Waals surface area contributed by atoms with Gasteiger partial charge in [-0.2, -0.15) is 0 Å². The van der Waals surface area contributed by atoms with E-state index >= 15 is 0 Å². The number of hydrogen-bond donors (Lipinski definition) is 1. The van der Waals surface area contributed by atoms with Gasteiger partial charge in [-0.05, 0) is 48.0 Å². The predicted molar refractivity (Wildman–Crippen MR) is 132 cm³/mol. The minimum absolute atomic E-state index is 0.00765. The van der Waals surface area contributed by atoms with Crippen molar-refractivity contribution in [2.45, 2.75) is 13.5 Å². The summed E-state index contributed by atoms with van der Waals surface area (Å²) in [7, 11) is 0. The van der Waals surface area contributed by atoms with Gasteiger partial charge in [-0.3, -0.25) is 24.1 Å². The van der Waals surface area contributed by atoms with Crippen LogP contribution in [0.1, 0.15) is 27.0 Å². The second-order valence-corrected chi connectivity index (χ2v) is 8.84. The van der Waals surface area contributed by atoms with Gasteiger partial charge in [0.2, 0.25) is 0 Å². The lowest BCUT2D eigenvalue weighted by molar-refractivity contribution is -0.122. The van der Waals surface area contributed by atoms with Crippen LogP contribution in [-0.4, -0.2) is 39.6 Å². The molecule has 1 fully saturated rings. The smallest absolute Gasteiger partial charge is 0.293 e. The van der Waals surface area contributed by atoms with Crippen LogP contribution in [0.15, 0.2) is 82.6 Å². The van der Waals surface area contributed by atoms with E-state index in [2.05, 4.69) is 5.32 Å². The summed E-state index contributed by atoms with van der Waals surface area (Å²) < 4.78 is 1.48.